The van der Waals surface area contributed by atoms with E-state index in [9.17, 15) is 13.2 Å². The van der Waals surface area contributed by atoms with Crippen LogP contribution in [-0.4, -0.2) is 21.9 Å². The minimum absolute atomic E-state index is 0.348. The van der Waals surface area contributed by atoms with E-state index < -0.39 is 11.9 Å². The SMILES string of the molecule is COc1ccccc1CNc1ccc(-c2cc(C(F)(F)F)nn2C)cn1. The van der Waals surface area contributed by atoms with Gasteiger partial charge in [0.2, 0.25) is 0 Å². The molecular formula is C18H17F3N4O. The Balaban J connectivity index is 1.74. The van der Waals surface area contributed by atoms with Gasteiger partial charge in [0.15, 0.2) is 5.69 Å². The molecule has 8 heteroatoms. The molecule has 2 aromatic heterocycles. The topological polar surface area (TPSA) is 52.0 Å². The molecule has 0 aliphatic rings. The lowest BCUT2D eigenvalue weighted by Crippen LogP contribution is -2.06. The zero-order valence-corrected chi connectivity index (χ0v) is 14.2. The Kier molecular flexibility index (Phi) is 4.83. The highest BCUT2D eigenvalue weighted by Crippen LogP contribution is 2.31. The number of alkyl halides is 3. The third-order valence-electron chi connectivity index (χ3n) is 3.88. The number of rotatable bonds is 5. The lowest BCUT2D eigenvalue weighted by molar-refractivity contribution is -0.141. The van der Waals surface area contributed by atoms with Gasteiger partial charge in [-0.1, -0.05) is 18.2 Å². The van der Waals surface area contributed by atoms with Crippen LogP contribution in [0.4, 0.5) is 19.0 Å². The number of nitrogens with one attached hydrogen (secondary N) is 1. The van der Waals surface area contributed by atoms with E-state index in [1.807, 2.05) is 24.3 Å². The van der Waals surface area contributed by atoms with E-state index in [1.54, 1.807) is 19.2 Å². The van der Waals surface area contributed by atoms with Crippen LogP contribution in [0.1, 0.15) is 11.3 Å². The minimum Gasteiger partial charge on any atom is -0.496 e. The Hall–Kier alpha value is -3.03. The summed E-state index contributed by atoms with van der Waals surface area (Å²) in [7, 11) is 3.08. The average molecular weight is 362 g/mol. The second-order valence-corrected chi connectivity index (χ2v) is 5.63. The fourth-order valence-corrected chi connectivity index (χ4v) is 2.56. The fourth-order valence-electron chi connectivity index (χ4n) is 2.56. The smallest absolute Gasteiger partial charge is 0.435 e. The van der Waals surface area contributed by atoms with Gasteiger partial charge in [-0.15, -0.1) is 0 Å². The maximum absolute atomic E-state index is 12.8. The molecule has 3 aromatic rings. The van der Waals surface area contributed by atoms with Crippen LogP contribution in [0.25, 0.3) is 11.3 Å². The van der Waals surface area contributed by atoms with Crippen molar-refractivity contribution in [3.63, 3.8) is 0 Å². The number of aryl methyl sites for hydroxylation is 1. The number of para-hydroxylation sites is 1. The number of aromatic nitrogens is 3. The van der Waals surface area contributed by atoms with Gasteiger partial charge in [0.1, 0.15) is 11.6 Å². The van der Waals surface area contributed by atoms with Crippen molar-refractivity contribution in [2.75, 3.05) is 12.4 Å². The van der Waals surface area contributed by atoms with Crippen molar-refractivity contribution in [1.82, 2.24) is 14.8 Å². The van der Waals surface area contributed by atoms with Crippen molar-refractivity contribution in [1.29, 1.82) is 0 Å². The van der Waals surface area contributed by atoms with Crippen LogP contribution >= 0.6 is 0 Å². The number of methoxy groups -OCH3 is 1. The molecule has 3 rings (SSSR count). The van der Waals surface area contributed by atoms with E-state index in [0.717, 1.165) is 17.4 Å². The van der Waals surface area contributed by atoms with Crippen LogP contribution < -0.4 is 10.1 Å². The molecule has 0 spiro atoms. The van der Waals surface area contributed by atoms with E-state index in [2.05, 4.69) is 15.4 Å². The van der Waals surface area contributed by atoms with Crippen LogP contribution in [0, 0.1) is 0 Å². The van der Waals surface area contributed by atoms with Gasteiger partial charge in [-0.25, -0.2) is 4.98 Å². The third-order valence-corrected chi connectivity index (χ3v) is 3.88. The first-order valence-electron chi connectivity index (χ1n) is 7.82. The molecule has 26 heavy (non-hydrogen) atoms. The van der Waals surface area contributed by atoms with Gasteiger partial charge in [0, 0.05) is 30.9 Å². The molecule has 0 fully saturated rings. The minimum atomic E-state index is -4.47. The molecule has 0 saturated heterocycles. The van der Waals surface area contributed by atoms with Crippen molar-refractivity contribution in [3.8, 4) is 17.0 Å². The van der Waals surface area contributed by atoms with Crippen molar-refractivity contribution in [2.45, 2.75) is 12.7 Å². The van der Waals surface area contributed by atoms with E-state index >= 15 is 0 Å². The first kappa shape index (κ1) is 17.8. The largest absolute Gasteiger partial charge is 0.496 e. The zero-order valence-electron chi connectivity index (χ0n) is 14.2. The van der Waals surface area contributed by atoms with Crippen LogP contribution in [0.2, 0.25) is 0 Å². The van der Waals surface area contributed by atoms with Gasteiger partial charge < -0.3 is 10.1 Å². The Morgan fingerprint density at radius 3 is 2.54 bits per heavy atom. The molecule has 0 amide bonds. The van der Waals surface area contributed by atoms with Crippen LogP contribution in [0.15, 0.2) is 48.7 Å². The quantitative estimate of drug-likeness (QED) is 0.742. The Morgan fingerprint density at radius 1 is 1.15 bits per heavy atom. The van der Waals surface area contributed by atoms with Crippen LogP contribution in [0.5, 0.6) is 5.75 Å². The molecule has 5 nitrogen and oxygen atoms in total. The van der Waals surface area contributed by atoms with Gasteiger partial charge in [-0.2, -0.15) is 18.3 Å². The lowest BCUT2D eigenvalue weighted by Gasteiger charge is -2.10. The maximum atomic E-state index is 12.8. The third kappa shape index (κ3) is 3.79. The number of hydrogen-bond donors (Lipinski definition) is 1. The number of benzene rings is 1. The second kappa shape index (κ2) is 7.07. The predicted octanol–water partition coefficient (Wildman–Crippen LogP) is 4.12. The molecule has 0 bridgehead atoms. The van der Waals surface area contributed by atoms with Crippen molar-refractivity contribution in [3.05, 3.63) is 59.9 Å². The number of hydrogen-bond acceptors (Lipinski definition) is 4. The molecule has 136 valence electrons. The van der Waals surface area contributed by atoms with E-state index in [0.29, 0.717) is 23.6 Å². The van der Waals surface area contributed by atoms with Gasteiger partial charge in [0.05, 0.1) is 12.8 Å². The Bertz CT molecular complexity index is 888. The normalized spacial score (nSPS) is 11.4. The molecule has 1 N–H and O–H groups in total. The number of nitrogens with zero attached hydrogens (tertiary/aromatic N) is 3. The summed E-state index contributed by atoms with van der Waals surface area (Å²) >= 11 is 0. The predicted molar refractivity (Wildman–Crippen MR) is 91.8 cm³/mol. The molecule has 1 aromatic carbocycles. The standard InChI is InChI=1S/C18H17F3N4O/c1-25-14(9-16(24-25)18(19,20)21)12-7-8-17(22-10-12)23-11-13-5-3-4-6-15(13)26-2/h3-10H,11H2,1-2H3,(H,22,23). The summed E-state index contributed by atoms with van der Waals surface area (Å²) in [6.45, 7) is 0.514. The van der Waals surface area contributed by atoms with Crippen LogP contribution in [0.3, 0.4) is 0 Å². The Labute approximate surface area is 148 Å². The average Bonchev–Trinajstić information content (AvgIpc) is 3.03. The molecule has 0 aliphatic heterocycles. The molecule has 0 aliphatic carbocycles. The Morgan fingerprint density at radius 2 is 1.92 bits per heavy atom. The summed E-state index contributed by atoms with van der Waals surface area (Å²) < 4.78 is 44.8. The summed E-state index contributed by atoms with van der Waals surface area (Å²) in [4.78, 5) is 4.26. The van der Waals surface area contributed by atoms with E-state index in [4.69, 9.17) is 4.74 Å². The molecule has 0 saturated carbocycles. The van der Waals surface area contributed by atoms with Crippen LogP contribution in [-0.2, 0) is 19.8 Å². The molecule has 0 radical (unpaired) electrons. The highest BCUT2D eigenvalue weighted by molar-refractivity contribution is 5.60. The summed E-state index contributed by atoms with van der Waals surface area (Å²) in [5, 5.41) is 6.68. The summed E-state index contributed by atoms with van der Waals surface area (Å²) in [6.07, 6.45) is -2.96. The van der Waals surface area contributed by atoms with E-state index in [1.165, 1.54) is 17.9 Å². The maximum Gasteiger partial charge on any atom is 0.435 e. The van der Waals surface area contributed by atoms with Gasteiger partial charge >= 0.3 is 6.18 Å². The monoisotopic (exact) mass is 362 g/mol. The first-order valence-corrected chi connectivity index (χ1v) is 7.82. The van der Waals surface area contributed by atoms with Gasteiger partial charge in [-0.05, 0) is 24.3 Å². The molecule has 2 heterocycles. The number of ether oxygens (including phenoxy) is 1. The highest BCUT2D eigenvalue weighted by atomic mass is 19.4. The van der Waals surface area contributed by atoms with E-state index in [-0.39, 0.29) is 0 Å². The molecule has 0 unspecified atom stereocenters. The van der Waals surface area contributed by atoms with Gasteiger partial charge in [0.25, 0.3) is 0 Å². The summed E-state index contributed by atoms with van der Waals surface area (Å²) in [5.41, 5.74) is 0.954. The van der Waals surface area contributed by atoms with Crippen molar-refractivity contribution < 1.29 is 17.9 Å². The highest BCUT2D eigenvalue weighted by Gasteiger charge is 2.34. The fraction of sp³-hybridized carbons (Fsp3) is 0.222. The number of halogens is 3. The van der Waals surface area contributed by atoms with Crippen molar-refractivity contribution in [2.24, 2.45) is 7.05 Å². The molecular weight excluding hydrogens is 345 g/mol. The number of anilines is 1. The lowest BCUT2D eigenvalue weighted by atomic mass is 10.2. The first-order chi connectivity index (χ1) is 12.4. The number of pyridine rings is 1. The van der Waals surface area contributed by atoms with Crippen molar-refractivity contribution >= 4 is 5.82 Å². The van der Waals surface area contributed by atoms with Gasteiger partial charge in [-0.3, -0.25) is 4.68 Å². The second-order valence-electron chi connectivity index (χ2n) is 5.63. The molecule has 0 atom stereocenters. The zero-order chi connectivity index (χ0) is 18.7. The summed E-state index contributed by atoms with van der Waals surface area (Å²) in [5.74, 6) is 1.38. The summed E-state index contributed by atoms with van der Waals surface area (Å²) in [6, 6.07) is 12.0.